The second-order valence-electron chi connectivity index (χ2n) is 7.45. The maximum absolute atomic E-state index is 12.9. The minimum atomic E-state index is -0.145. The molecule has 1 amide bonds. The van der Waals surface area contributed by atoms with Crippen molar-refractivity contribution in [2.75, 3.05) is 27.2 Å². The second-order valence-corrected chi connectivity index (χ2v) is 7.45. The molecule has 2 aromatic heterocycles. The Kier molecular flexibility index (Phi) is 6.31. The Morgan fingerprint density at radius 3 is 2.96 bits per heavy atom. The average Bonchev–Trinajstić information content (AvgIpc) is 2.96. The smallest absolute Gasteiger partial charge is 0.270 e. The van der Waals surface area contributed by atoms with Gasteiger partial charge in [0.25, 0.3) is 5.91 Å². The number of hydrogen-bond acceptors (Lipinski definition) is 6. The van der Waals surface area contributed by atoms with Gasteiger partial charge in [-0.2, -0.15) is 5.10 Å². The summed E-state index contributed by atoms with van der Waals surface area (Å²) in [4.78, 5) is 19.1. The summed E-state index contributed by atoms with van der Waals surface area (Å²) in [5.41, 5.74) is 3.31. The van der Waals surface area contributed by atoms with Crippen molar-refractivity contribution in [2.45, 2.75) is 39.0 Å². The van der Waals surface area contributed by atoms with Crippen LogP contribution < -0.4 is 10.1 Å². The van der Waals surface area contributed by atoms with Gasteiger partial charge in [-0.3, -0.25) is 14.5 Å². The zero-order valence-corrected chi connectivity index (χ0v) is 17.2. The van der Waals surface area contributed by atoms with E-state index in [9.17, 15) is 4.79 Å². The number of ether oxygens (including phenoxy) is 2. The van der Waals surface area contributed by atoms with E-state index in [1.54, 1.807) is 24.1 Å². The van der Waals surface area contributed by atoms with Gasteiger partial charge in [0.2, 0.25) is 0 Å². The van der Waals surface area contributed by atoms with Crippen molar-refractivity contribution in [3.05, 3.63) is 41.0 Å². The molecular formula is C20H29N5O3. The van der Waals surface area contributed by atoms with Gasteiger partial charge in [0.05, 0.1) is 24.1 Å². The number of amides is 1. The van der Waals surface area contributed by atoms with Crippen molar-refractivity contribution in [3.8, 4) is 5.75 Å². The van der Waals surface area contributed by atoms with Crippen LogP contribution in [0.1, 0.15) is 47.3 Å². The first-order valence-corrected chi connectivity index (χ1v) is 9.56. The van der Waals surface area contributed by atoms with E-state index < -0.39 is 0 Å². The molecular weight excluding hydrogens is 358 g/mol. The van der Waals surface area contributed by atoms with Gasteiger partial charge in [-0.15, -0.1) is 0 Å². The predicted molar refractivity (Wildman–Crippen MR) is 105 cm³/mol. The highest BCUT2D eigenvalue weighted by Crippen LogP contribution is 2.31. The number of nitrogens with one attached hydrogen (secondary N) is 1. The summed E-state index contributed by atoms with van der Waals surface area (Å²) in [5.74, 6) is 0.543. The molecule has 0 unspecified atom stereocenters. The van der Waals surface area contributed by atoms with E-state index in [-0.39, 0.29) is 18.1 Å². The van der Waals surface area contributed by atoms with Gasteiger partial charge in [0, 0.05) is 43.9 Å². The Bertz CT molecular complexity index is 833. The zero-order valence-electron chi connectivity index (χ0n) is 17.2. The SMILES string of the molecule is C[C@@H]1Cc2c(nn(C)c2C(=O)NCc2ccncc2OCCN(C)C)[C@H](C)O1. The summed E-state index contributed by atoms with van der Waals surface area (Å²) < 4.78 is 13.3. The van der Waals surface area contributed by atoms with Gasteiger partial charge in [-0.25, -0.2) is 0 Å². The third-order valence-electron chi connectivity index (χ3n) is 4.81. The lowest BCUT2D eigenvalue weighted by atomic mass is 9.99. The van der Waals surface area contributed by atoms with Crippen LogP contribution in [0.3, 0.4) is 0 Å². The lowest BCUT2D eigenvalue weighted by Crippen LogP contribution is -2.28. The van der Waals surface area contributed by atoms with Crippen LogP contribution >= 0.6 is 0 Å². The number of pyridine rings is 1. The third-order valence-corrected chi connectivity index (χ3v) is 4.81. The third kappa shape index (κ3) is 4.51. The number of rotatable bonds is 7. The molecule has 2 atom stereocenters. The highest BCUT2D eigenvalue weighted by atomic mass is 16.5. The Hall–Kier alpha value is -2.45. The lowest BCUT2D eigenvalue weighted by Gasteiger charge is -2.24. The highest BCUT2D eigenvalue weighted by Gasteiger charge is 2.31. The predicted octanol–water partition coefficient (Wildman–Crippen LogP) is 1.71. The molecule has 3 heterocycles. The lowest BCUT2D eigenvalue weighted by molar-refractivity contribution is -0.00710. The molecule has 1 N–H and O–H groups in total. The van der Waals surface area contributed by atoms with E-state index in [0.29, 0.717) is 31.0 Å². The standard InChI is InChI=1S/C20H29N5O3/c1-13-10-16-18(14(2)28-13)23-25(5)19(16)20(26)22-11-15-6-7-21-12-17(15)27-9-8-24(3)4/h6-7,12-14H,8-11H2,1-5H3,(H,22,26)/t13-,14+/m1/s1. The fourth-order valence-corrected chi connectivity index (χ4v) is 3.43. The summed E-state index contributed by atoms with van der Waals surface area (Å²) in [6.07, 6.45) is 4.03. The summed E-state index contributed by atoms with van der Waals surface area (Å²) >= 11 is 0. The Morgan fingerprint density at radius 1 is 1.43 bits per heavy atom. The summed E-state index contributed by atoms with van der Waals surface area (Å²) in [7, 11) is 5.79. The molecule has 1 aliphatic heterocycles. The van der Waals surface area contributed by atoms with E-state index in [2.05, 4.69) is 20.3 Å². The van der Waals surface area contributed by atoms with Crippen LogP contribution in [-0.2, 0) is 24.8 Å². The monoisotopic (exact) mass is 387 g/mol. The minimum absolute atomic E-state index is 0.0650. The van der Waals surface area contributed by atoms with Crippen molar-refractivity contribution in [3.63, 3.8) is 0 Å². The molecule has 0 fully saturated rings. The number of carbonyl (C=O) groups excluding carboxylic acids is 1. The molecule has 0 radical (unpaired) electrons. The summed E-state index contributed by atoms with van der Waals surface area (Å²) in [6.45, 7) is 5.71. The van der Waals surface area contributed by atoms with Crippen molar-refractivity contribution >= 4 is 5.91 Å². The van der Waals surface area contributed by atoms with E-state index in [1.807, 2.05) is 34.0 Å². The zero-order chi connectivity index (χ0) is 20.3. The molecule has 8 nitrogen and oxygen atoms in total. The van der Waals surface area contributed by atoms with Crippen LogP contribution in [0.5, 0.6) is 5.75 Å². The molecule has 152 valence electrons. The second kappa shape index (κ2) is 8.70. The fraction of sp³-hybridized carbons (Fsp3) is 0.550. The average molecular weight is 387 g/mol. The molecule has 0 saturated heterocycles. The van der Waals surface area contributed by atoms with Gasteiger partial charge in [0.15, 0.2) is 0 Å². The molecule has 0 spiro atoms. The van der Waals surface area contributed by atoms with Crippen LogP contribution in [0, 0.1) is 0 Å². The quantitative estimate of drug-likeness (QED) is 0.779. The number of aromatic nitrogens is 3. The molecule has 1 aliphatic rings. The van der Waals surface area contributed by atoms with E-state index in [1.165, 1.54) is 0 Å². The largest absolute Gasteiger partial charge is 0.490 e. The molecule has 8 heteroatoms. The van der Waals surface area contributed by atoms with Crippen LogP contribution in [0.2, 0.25) is 0 Å². The molecule has 3 rings (SSSR count). The number of carbonyl (C=O) groups is 1. The number of fused-ring (bicyclic) bond motifs is 1. The molecule has 0 saturated carbocycles. The van der Waals surface area contributed by atoms with Crippen LogP contribution in [0.15, 0.2) is 18.5 Å². The molecule has 2 aromatic rings. The Morgan fingerprint density at radius 2 is 2.21 bits per heavy atom. The minimum Gasteiger partial charge on any atom is -0.490 e. The van der Waals surface area contributed by atoms with Gasteiger partial charge >= 0.3 is 0 Å². The van der Waals surface area contributed by atoms with Crippen molar-refractivity contribution < 1.29 is 14.3 Å². The maximum atomic E-state index is 12.9. The summed E-state index contributed by atoms with van der Waals surface area (Å²) in [5, 5.41) is 7.51. The van der Waals surface area contributed by atoms with E-state index in [4.69, 9.17) is 9.47 Å². The topological polar surface area (TPSA) is 81.5 Å². The Labute approximate surface area is 165 Å². The van der Waals surface area contributed by atoms with Crippen LogP contribution in [0.25, 0.3) is 0 Å². The van der Waals surface area contributed by atoms with E-state index >= 15 is 0 Å². The van der Waals surface area contributed by atoms with Crippen LogP contribution in [0.4, 0.5) is 0 Å². The van der Waals surface area contributed by atoms with Crippen molar-refractivity contribution in [2.24, 2.45) is 7.05 Å². The number of nitrogens with zero attached hydrogens (tertiary/aromatic N) is 4. The van der Waals surface area contributed by atoms with Crippen molar-refractivity contribution in [1.29, 1.82) is 0 Å². The first-order chi connectivity index (χ1) is 13.4. The number of hydrogen-bond donors (Lipinski definition) is 1. The van der Waals surface area contributed by atoms with Crippen LogP contribution in [-0.4, -0.2) is 58.9 Å². The summed E-state index contributed by atoms with van der Waals surface area (Å²) in [6, 6.07) is 1.86. The highest BCUT2D eigenvalue weighted by molar-refractivity contribution is 5.94. The first-order valence-electron chi connectivity index (χ1n) is 9.56. The van der Waals surface area contributed by atoms with E-state index in [0.717, 1.165) is 23.4 Å². The molecule has 0 aliphatic carbocycles. The fourth-order valence-electron chi connectivity index (χ4n) is 3.43. The molecule has 0 bridgehead atoms. The Balaban J connectivity index is 1.71. The van der Waals surface area contributed by atoms with Gasteiger partial charge in [-0.1, -0.05) is 0 Å². The maximum Gasteiger partial charge on any atom is 0.270 e. The molecule has 28 heavy (non-hydrogen) atoms. The normalized spacial score (nSPS) is 18.8. The van der Waals surface area contributed by atoms with Gasteiger partial charge in [-0.05, 0) is 34.0 Å². The van der Waals surface area contributed by atoms with Gasteiger partial charge < -0.3 is 19.7 Å². The number of aryl methyl sites for hydroxylation is 1. The molecule has 0 aromatic carbocycles. The van der Waals surface area contributed by atoms with Crippen molar-refractivity contribution in [1.82, 2.24) is 25.0 Å². The first kappa shape index (κ1) is 20.3. The number of likely N-dealkylation sites (N-methyl/N-ethyl adjacent to an activating group) is 1. The van der Waals surface area contributed by atoms with Gasteiger partial charge in [0.1, 0.15) is 18.1 Å².